The van der Waals surface area contributed by atoms with Crippen LogP contribution in [0.4, 0.5) is 0 Å². The predicted molar refractivity (Wildman–Crippen MR) is 67.8 cm³/mol. The van der Waals surface area contributed by atoms with E-state index in [2.05, 4.69) is 9.72 Å². The van der Waals surface area contributed by atoms with Gasteiger partial charge in [0, 0.05) is 23.2 Å². The number of pyridine rings is 1. The van der Waals surface area contributed by atoms with Crippen molar-refractivity contribution in [3.05, 3.63) is 47.1 Å². The van der Waals surface area contributed by atoms with Crippen molar-refractivity contribution in [2.75, 3.05) is 7.11 Å². The van der Waals surface area contributed by atoms with Gasteiger partial charge in [-0.25, -0.2) is 4.79 Å². The number of nitrogens with zero attached hydrogens (tertiary/aromatic N) is 1. The van der Waals surface area contributed by atoms with Crippen LogP contribution in [-0.2, 0) is 9.53 Å². The number of aromatic nitrogens is 1. The molecule has 2 rings (SSSR count). The Kier molecular flexibility index (Phi) is 3.40. The van der Waals surface area contributed by atoms with Gasteiger partial charge in [-0.15, -0.1) is 0 Å². The zero-order chi connectivity index (χ0) is 12.3. The summed E-state index contributed by atoms with van der Waals surface area (Å²) >= 11 is 6.06. The number of fused-ring (bicyclic) bond motifs is 1. The van der Waals surface area contributed by atoms with Crippen molar-refractivity contribution in [3.8, 4) is 0 Å². The summed E-state index contributed by atoms with van der Waals surface area (Å²) in [6, 6.07) is 7.31. The Labute approximate surface area is 104 Å². The molecule has 1 aromatic carbocycles. The Morgan fingerprint density at radius 2 is 2.24 bits per heavy atom. The molecular weight excluding hydrogens is 238 g/mol. The van der Waals surface area contributed by atoms with Crippen LogP contribution in [0.1, 0.15) is 5.56 Å². The fourth-order valence-corrected chi connectivity index (χ4v) is 1.74. The van der Waals surface area contributed by atoms with E-state index in [1.54, 1.807) is 18.3 Å². The Hall–Kier alpha value is -1.87. The summed E-state index contributed by atoms with van der Waals surface area (Å²) < 4.78 is 4.54. The number of hydrogen-bond donors (Lipinski definition) is 0. The van der Waals surface area contributed by atoms with Crippen molar-refractivity contribution in [1.29, 1.82) is 0 Å². The van der Waals surface area contributed by atoms with Crippen LogP contribution >= 0.6 is 11.6 Å². The van der Waals surface area contributed by atoms with E-state index in [1.807, 2.05) is 18.2 Å². The number of ether oxygens (including phenoxy) is 1. The van der Waals surface area contributed by atoms with E-state index in [0.717, 1.165) is 16.5 Å². The zero-order valence-electron chi connectivity index (χ0n) is 9.18. The molecule has 2 aromatic rings. The Balaban J connectivity index is 2.52. The maximum atomic E-state index is 11.0. The molecule has 17 heavy (non-hydrogen) atoms. The standard InChI is InChI=1S/C13H10ClNO2/c1-17-12(16)7-5-9-4-6-11(14)10-3-2-8-15-13(9)10/h2-8H,1H3/b7-5+. The molecule has 0 N–H and O–H groups in total. The predicted octanol–water partition coefficient (Wildman–Crippen LogP) is 3.07. The van der Waals surface area contributed by atoms with Crippen LogP contribution in [0.2, 0.25) is 5.02 Å². The lowest BCUT2D eigenvalue weighted by Gasteiger charge is -2.02. The molecule has 0 spiro atoms. The van der Waals surface area contributed by atoms with Gasteiger partial charge in [0.25, 0.3) is 0 Å². The molecule has 0 amide bonds. The first-order valence-corrected chi connectivity index (χ1v) is 5.39. The fraction of sp³-hybridized carbons (Fsp3) is 0.0769. The maximum absolute atomic E-state index is 11.0. The van der Waals surface area contributed by atoms with Crippen molar-refractivity contribution in [2.24, 2.45) is 0 Å². The van der Waals surface area contributed by atoms with Crippen LogP contribution in [0.25, 0.3) is 17.0 Å². The Bertz CT molecular complexity index is 593. The third-order valence-corrected chi connectivity index (χ3v) is 2.68. The summed E-state index contributed by atoms with van der Waals surface area (Å²) in [7, 11) is 1.34. The molecule has 0 radical (unpaired) electrons. The largest absolute Gasteiger partial charge is 0.466 e. The average molecular weight is 248 g/mol. The Morgan fingerprint density at radius 1 is 1.41 bits per heavy atom. The first-order chi connectivity index (χ1) is 8.22. The number of benzene rings is 1. The van der Waals surface area contributed by atoms with Crippen molar-refractivity contribution < 1.29 is 9.53 Å². The van der Waals surface area contributed by atoms with Gasteiger partial charge < -0.3 is 4.74 Å². The molecule has 0 aliphatic heterocycles. The minimum atomic E-state index is -0.399. The first-order valence-electron chi connectivity index (χ1n) is 5.01. The van der Waals surface area contributed by atoms with Crippen molar-refractivity contribution in [3.63, 3.8) is 0 Å². The number of halogens is 1. The number of methoxy groups -OCH3 is 1. The second-order valence-corrected chi connectivity index (χ2v) is 3.80. The zero-order valence-corrected chi connectivity index (χ0v) is 9.94. The second kappa shape index (κ2) is 4.97. The van der Waals surface area contributed by atoms with Crippen molar-refractivity contribution >= 4 is 34.5 Å². The fourth-order valence-electron chi connectivity index (χ4n) is 1.52. The molecule has 1 aromatic heterocycles. The molecule has 0 saturated heterocycles. The van der Waals surface area contributed by atoms with E-state index in [4.69, 9.17) is 11.6 Å². The summed E-state index contributed by atoms with van der Waals surface area (Å²) in [6.45, 7) is 0. The maximum Gasteiger partial charge on any atom is 0.330 e. The van der Waals surface area contributed by atoms with Gasteiger partial charge in [0.15, 0.2) is 0 Å². The first kappa shape index (κ1) is 11.6. The summed E-state index contributed by atoms with van der Waals surface area (Å²) in [4.78, 5) is 15.3. The number of rotatable bonds is 2. The topological polar surface area (TPSA) is 39.2 Å². The highest BCUT2D eigenvalue weighted by atomic mass is 35.5. The molecular formula is C13H10ClNO2. The van der Waals surface area contributed by atoms with Gasteiger partial charge in [-0.2, -0.15) is 0 Å². The highest BCUT2D eigenvalue weighted by molar-refractivity contribution is 6.35. The smallest absolute Gasteiger partial charge is 0.330 e. The number of hydrogen-bond acceptors (Lipinski definition) is 3. The lowest BCUT2D eigenvalue weighted by atomic mass is 10.1. The molecule has 0 bridgehead atoms. The lowest BCUT2D eigenvalue weighted by Crippen LogP contribution is -1.93. The molecule has 3 nitrogen and oxygen atoms in total. The number of esters is 1. The summed E-state index contributed by atoms with van der Waals surface area (Å²) in [6.07, 6.45) is 4.71. The lowest BCUT2D eigenvalue weighted by molar-refractivity contribution is -0.134. The molecule has 0 atom stereocenters. The monoisotopic (exact) mass is 247 g/mol. The minimum absolute atomic E-state index is 0.399. The van der Waals surface area contributed by atoms with Crippen molar-refractivity contribution in [1.82, 2.24) is 4.98 Å². The van der Waals surface area contributed by atoms with Crippen LogP contribution in [-0.4, -0.2) is 18.1 Å². The summed E-state index contributed by atoms with van der Waals surface area (Å²) in [5, 5.41) is 1.50. The Morgan fingerprint density at radius 3 is 3.00 bits per heavy atom. The van der Waals surface area contributed by atoms with Gasteiger partial charge in [-0.3, -0.25) is 4.98 Å². The van der Waals surface area contributed by atoms with Gasteiger partial charge in [0.1, 0.15) is 0 Å². The third-order valence-electron chi connectivity index (χ3n) is 2.35. The van der Waals surface area contributed by atoms with E-state index >= 15 is 0 Å². The van der Waals surface area contributed by atoms with Crippen LogP contribution in [0.5, 0.6) is 0 Å². The minimum Gasteiger partial charge on any atom is -0.466 e. The second-order valence-electron chi connectivity index (χ2n) is 3.39. The quantitative estimate of drug-likeness (QED) is 0.605. The molecule has 4 heteroatoms. The van der Waals surface area contributed by atoms with Crippen LogP contribution in [0.15, 0.2) is 36.5 Å². The van der Waals surface area contributed by atoms with E-state index in [0.29, 0.717) is 5.02 Å². The van der Waals surface area contributed by atoms with Crippen LogP contribution < -0.4 is 0 Å². The average Bonchev–Trinajstić information content (AvgIpc) is 2.38. The van der Waals surface area contributed by atoms with E-state index in [1.165, 1.54) is 13.2 Å². The van der Waals surface area contributed by atoms with E-state index < -0.39 is 5.97 Å². The molecule has 0 unspecified atom stereocenters. The van der Waals surface area contributed by atoms with Crippen molar-refractivity contribution in [2.45, 2.75) is 0 Å². The molecule has 0 saturated carbocycles. The number of carbonyl (C=O) groups excluding carboxylic acids is 1. The molecule has 0 aliphatic carbocycles. The molecule has 0 fully saturated rings. The van der Waals surface area contributed by atoms with Gasteiger partial charge in [0.05, 0.1) is 17.6 Å². The summed E-state index contributed by atoms with van der Waals surface area (Å²) in [5.74, 6) is -0.399. The normalized spacial score (nSPS) is 10.9. The van der Waals surface area contributed by atoms with Crippen LogP contribution in [0.3, 0.4) is 0 Å². The molecule has 1 heterocycles. The van der Waals surface area contributed by atoms with Gasteiger partial charge in [-0.05, 0) is 24.3 Å². The molecule has 86 valence electrons. The summed E-state index contributed by atoms with van der Waals surface area (Å²) in [5.41, 5.74) is 1.59. The van der Waals surface area contributed by atoms with Gasteiger partial charge >= 0.3 is 5.97 Å². The van der Waals surface area contributed by atoms with Crippen LogP contribution in [0, 0.1) is 0 Å². The highest BCUT2D eigenvalue weighted by Gasteiger charge is 2.03. The number of carbonyl (C=O) groups is 1. The van der Waals surface area contributed by atoms with E-state index in [-0.39, 0.29) is 0 Å². The SMILES string of the molecule is COC(=O)/C=C/c1ccc(Cl)c2cccnc12. The third kappa shape index (κ3) is 2.45. The molecule has 0 aliphatic rings. The highest BCUT2D eigenvalue weighted by Crippen LogP contribution is 2.25. The van der Waals surface area contributed by atoms with Gasteiger partial charge in [0.2, 0.25) is 0 Å². The van der Waals surface area contributed by atoms with E-state index in [9.17, 15) is 4.79 Å². The van der Waals surface area contributed by atoms with Gasteiger partial charge in [-0.1, -0.05) is 17.7 Å².